The van der Waals surface area contributed by atoms with Crippen LogP contribution in [0.15, 0.2) is 27.8 Å². The highest BCUT2D eigenvalue weighted by molar-refractivity contribution is 6.31. The highest BCUT2D eigenvalue weighted by Gasteiger charge is 2.29. The minimum absolute atomic E-state index is 0.314. The van der Waals surface area contributed by atoms with Crippen molar-refractivity contribution in [3.63, 3.8) is 0 Å². The summed E-state index contributed by atoms with van der Waals surface area (Å²) in [4.78, 5) is 29.7. The summed E-state index contributed by atoms with van der Waals surface area (Å²) in [6, 6.07) is 5.95. The number of hydrogen-bond acceptors (Lipinski definition) is 4. The molecule has 2 N–H and O–H groups in total. The van der Waals surface area contributed by atoms with E-state index in [-0.39, 0.29) is 5.56 Å². The average Bonchev–Trinajstić information content (AvgIpc) is 3.13. The lowest BCUT2D eigenvalue weighted by molar-refractivity contribution is 0.195. The summed E-state index contributed by atoms with van der Waals surface area (Å²) in [6.07, 6.45) is 4.82. The largest absolute Gasteiger partial charge is 0.358 e. The second-order valence-corrected chi connectivity index (χ2v) is 7.23. The predicted octanol–water partition coefficient (Wildman–Crippen LogP) is 2.62. The van der Waals surface area contributed by atoms with Gasteiger partial charge in [0.2, 0.25) is 0 Å². The zero-order chi connectivity index (χ0) is 17.6. The summed E-state index contributed by atoms with van der Waals surface area (Å²) in [6.45, 7) is 3.07. The van der Waals surface area contributed by atoms with E-state index in [1.165, 1.54) is 30.3 Å². The maximum atomic E-state index is 12.5. The smallest absolute Gasteiger partial charge is 0.334 e. The first-order valence-corrected chi connectivity index (χ1v) is 9.05. The molecule has 4 rings (SSSR count). The molecule has 7 heteroatoms. The Morgan fingerprint density at radius 2 is 1.96 bits per heavy atom. The first kappa shape index (κ1) is 16.4. The summed E-state index contributed by atoms with van der Waals surface area (Å²) >= 11 is 6.22. The van der Waals surface area contributed by atoms with Crippen molar-refractivity contribution in [2.75, 3.05) is 12.0 Å². The molecule has 1 aliphatic carbocycles. The fourth-order valence-electron chi connectivity index (χ4n) is 3.94. The van der Waals surface area contributed by atoms with E-state index in [2.05, 4.69) is 15.2 Å². The van der Waals surface area contributed by atoms with Crippen LogP contribution in [0.3, 0.4) is 0 Å². The van der Waals surface area contributed by atoms with Crippen molar-refractivity contribution < 1.29 is 0 Å². The molecule has 0 bridgehead atoms. The van der Waals surface area contributed by atoms with Crippen molar-refractivity contribution in [2.24, 2.45) is 0 Å². The van der Waals surface area contributed by atoms with Crippen LogP contribution < -0.4 is 16.6 Å². The van der Waals surface area contributed by atoms with Crippen LogP contribution in [0.4, 0.5) is 5.82 Å². The van der Waals surface area contributed by atoms with E-state index < -0.39 is 5.69 Å². The predicted molar refractivity (Wildman–Crippen MR) is 98.7 cm³/mol. The lowest BCUT2D eigenvalue weighted by Gasteiger charge is -2.34. The molecular formula is C18H21ClN4O2. The molecule has 1 aliphatic heterocycles. The maximum Gasteiger partial charge on any atom is 0.334 e. The number of fused-ring (bicyclic) bond motifs is 1. The Labute approximate surface area is 150 Å². The van der Waals surface area contributed by atoms with Crippen LogP contribution in [0.1, 0.15) is 36.8 Å². The number of aromatic nitrogens is 2. The molecular weight excluding hydrogens is 340 g/mol. The molecule has 6 nitrogen and oxygen atoms in total. The average molecular weight is 361 g/mol. The van der Waals surface area contributed by atoms with Gasteiger partial charge in [0.05, 0.1) is 17.9 Å². The molecule has 0 unspecified atom stereocenters. The van der Waals surface area contributed by atoms with Crippen LogP contribution in [0.2, 0.25) is 5.02 Å². The fourth-order valence-corrected chi connectivity index (χ4v) is 4.11. The third-order valence-electron chi connectivity index (χ3n) is 5.34. The van der Waals surface area contributed by atoms with Crippen LogP contribution in [0, 0.1) is 6.92 Å². The summed E-state index contributed by atoms with van der Waals surface area (Å²) in [7, 11) is 0. The molecule has 2 aliphatic rings. The molecule has 25 heavy (non-hydrogen) atoms. The van der Waals surface area contributed by atoms with Gasteiger partial charge in [-0.2, -0.15) is 0 Å². The summed E-state index contributed by atoms with van der Waals surface area (Å²) in [5.41, 5.74) is 1.34. The molecule has 0 radical (unpaired) electrons. The van der Waals surface area contributed by atoms with Gasteiger partial charge in [0, 0.05) is 17.6 Å². The van der Waals surface area contributed by atoms with E-state index in [0.717, 1.165) is 5.56 Å². The van der Waals surface area contributed by atoms with Gasteiger partial charge < -0.3 is 5.32 Å². The minimum atomic E-state index is -0.448. The van der Waals surface area contributed by atoms with Crippen LogP contribution in [-0.2, 0) is 6.54 Å². The van der Waals surface area contributed by atoms with Crippen LogP contribution in [0.25, 0.3) is 5.69 Å². The first-order chi connectivity index (χ1) is 12.1. The Hall–Kier alpha value is -2.05. The standard InChI is InChI=1S/C18H21ClN4O2/c1-11-14(19)7-4-8-15(11)23-16-13(17(24)21-18(23)25)9-22(10-20-16)12-5-2-3-6-12/h4,7-8,12,20H,2-3,5-6,9-10H2,1H3,(H,21,24,25). The molecule has 0 amide bonds. The molecule has 1 saturated carbocycles. The van der Waals surface area contributed by atoms with Gasteiger partial charge in [-0.3, -0.25) is 14.7 Å². The van der Waals surface area contributed by atoms with Gasteiger partial charge in [0.1, 0.15) is 5.82 Å². The van der Waals surface area contributed by atoms with E-state index in [0.29, 0.717) is 41.3 Å². The third-order valence-corrected chi connectivity index (χ3v) is 5.75. The normalized spacial score (nSPS) is 18.2. The topological polar surface area (TPSA) is 70.1 Å². The molecule has 1 aromatic carbocycles. The molecule has 132 valence electrons. The van der Waals surface area contributed by atoms with E-state index in [4.69, 9.17) is 11.6 Å². The van der Waals surface area contributed by atoms with Crippen molar-refractivity contribution in [1.82, 2.24) is 14.5 Å². The third kappa shape index (κ3) is 2.79. The molecule has 2 aromatic rings. The number of aromatic amines is 1. The monoisotopic (exact) mass is 360 g/mol. The Morgan fingerprint density at radius 3 is 2.72 bits per heavy atom. The number of hydrogen-bond donors (Lipinski definition) is 2. The number of nitrogens with zero attached hydrogens (tertiary/aromatic N) is 2. The second kappa shape index (κ2) is 6.35. The zero-order valence-electron chi connectivity index (χ0n) is 14.1. The lowest BCUT2D eigenvalue weighted by atomic mass is 10.1. The van der Waals surface area contributed by atoms with Crippen molar-refractivity contribution in [1.29, 1.82) is 0 Å². The molecule has 0 spiro atoms. The summed E-state index contributed by atoms with van der Waals surface area (Å²) in [5, 5.41) is 3.90. The Bertz CT molecular complexity index is 928. The molecule has 1 aromatic heterocycles. The number of halogens is 1. The van der Waals surface area contributed by atoms with E-state index in [1.807, 2.05) is 19.1 Å². The fraction of sp³-hybridized carbons (Fsp3) is 0.444. The van der Waals surface area contributed by atoms with Gasteiger partial charge >= 0.3 is 5.69 Å². The van der Waals surface area contributed by atoms with Crippen LogP contribution in [-0.4, -0.2) is 27.2 Å². The Kier molecular flexibility index (Phi) is 4.17. The number of H-pyrrole nitrogens is 1. The van der Waals surface area contributed by atoms with Crippen molar-refractivity contribution >= 4 is 17.4 Å². The van der Waals surface area contributed by atoms with Gasteiger partial charge in [-0.1, -0.05) is 30.5 Å². The van der Waals surface area contributed by atoms with Gasteiger partial charge in [-0.15, -0.1) is 0 Å². The van der Waals surface area contributed by atoms with Gasteiger partial charge in [0.25, 0.3) is 5.56 Å². The van der Waals surface area contributed by atoms with Gasteiger partial charge in [0.15, 0.2) is 0 Å². The van der Waals surface area contributed by atoms with Gasteiger partial charge in [-0.25, -0.2) is 9.36 Å². The quantitative estimate of drug-likeness (QED) is 0.863. The van der Waals surface area contributed by atoms with E-state index in [9.17, 15) is 9.59 Å². The first-order valence-electron chi connectivity index (χ1n) is 8.68. The number of benzene rings is 1. The van der Waals surface area contributed by atoms with Gasteiger partial charge in [-0.05, 0) is 37.5 Å². The highest BCUT2D eigenvalue weighted by atomic mass is 35.5. The number of anilines is 1. The van der Waals surface area contributed by atoms with E-state index in [1.54, 1.807) is 6.07 Å². The molecule has 0 atom stereocenters. The Balaban J connectivity index is 1.83. The molecule has 0 saturated heterocycles. The van der Waals surface area contributed by atoms with Crippen LogP contribution >= 0.6 is 11.6 Å². The zero-order valence-corrected chi connectivity index (χ0v) is 14.9. The highest BCUT2D eigenvalue weighted by Crippen LogP contribution is 2.30. The Morgan fingerprint density at radius 1 is 1.20 bits per heavy atom. The minimum Gasteiger partial charge on any atom is -0.358 e. The van der Waals surface area contributed by atoms with Crippen molar-refractivity contribution in [2.45, 2.75) is 45.2 Å². The summed E-state index contributed by atoms with van der Waals surface area (Å²) in [5.74, 6) is 0.577. The van der Waals surface area contributed by atoms with Crippen molar-refractivity contribution in [3.05, 3.63) is 55.2 Å². The van der Waals surface area contributed by atoms with Crippen LogP contribution in [0.5, 0.6) is 0 Å². The molecule has 2 heterocycles. The summed E-state index contributed by atoms with van der Waals surface area (Å²) < 4.78 is 1.53. The SMILES string of the molecule is Cc1c(Cl)cccc1-n1c2c(c(=O)[nH]c1=O)CN(C1CCCC1)CN2. The van der Waals surface area contributed by atoms with E-state index >= 15 is 0 Å². The number of rotatable bonds is 2. The lowest BCUT2D eigenvalue weighted by Crippen LogP contribution is -2.46. The number of nitrogens with one attached hydrogen (secondary N) is 2. The second-order valence-electron chi connectivity index (χ2n) is 6.83. The van der Waals surface area contributed by atoms with Crippen molar-refractivity contribution in [3.8, 4) is 5.69 Å². The maximum absolute atomic E-state index is 12.5. The molecule has 1 fully saturated rings.